The number of ether oxygens (including phenoxy) is 1. The minimum Gasteiger partial charge on any atom is -0.496 e. The van der Waals surface area contributed by atoms with Crippen LogP contribution in [0.25, 0.3) is 0 Å². The molecule has 21 heavy (non-hydrogen) atoms. The lowest BCUT2D eigenvalue weighted by Crippen LogP contribution is -2.46. The van der Waals surface area contributed by atoms with Gasteiger partial charge in [0.2, 0.25) is 5.91 Å². The average Bonchev–Trinajstić information content (AvgIpc) is 2.52. The van der Waals surface area contributed by atoms with Crippen LogP contribution in [0, 0.1) is 6.92 Å². The monoisotopic (exact) mass is 290 g/mol. The fraction of sp³-hybridized carbons (Fsp3) is 0.588. The van der Waals surface area contributed by atoms with E-state index in [1.54, 1.807) is 7.11 Å². The first-order valence-corrected chi connectivity index (χ1v) is 7.77. The molecule has 1 amide bonds. The summed E-state index contributed by atoms with van der Waals surface area (Å²) >= 11 is 0. The van der Waals surface area contributed by atoms with Crippen molar-refractivity contribution in [1.29, 1.82) is 0 Å². The summed E-state index contributed by atoms with van der Waals surface area (Å²) in [6.45, 7) is 6.45. The molecule has 0 radical (unpaired) electrons. The second-order valence-corrected chi connectivity index (χ2v) is 5.80. The van der Waals surface area contributed by atoms with Gasteiger partial charge in [-0.05, 0) is 39.2 Å². The van der Waals surface area contributed by atoms with Gasteiger partial charge in [0.1, 0.15) is 5.75 Å². The molecule has 0 saturated carbocycles. The number of methoxy groups -OCH3 is 1. The molecule has 4 heteroatoms. The molecular formula is C17H26N2O2. The van der Waals surface area contributed by atoms with E-state index in [0.29, 0.717) is 6.54 Å². The summed E-state index contributed by atoms with van der Waals surface area (Å²) in [5, 5.41) is 3.33. The molecule has 1 fully saturated rings. The number of aryl methyl sites for hydroxylation is 1. The highest BCUT2D eigenvalue weighted by Crippen LogP contribution is 2.19. The second-order valence-electron chi connectivity index (χ2n) is 5.80. The summed E-state index contributed by atoms with van der Waals surface area (Å²) in [6.07, 6.45) is 3.50. The summed E-state index contributed by atoms with van der Waals surface area (Å²) in [5.74, 6) is 1.08. The SMILES string of the molecule is COc1ccc(C)cc1CNC(C)C(=O)N1CCCCC1. The van der Waals surface area contributed by atoms with E-state index in [0.717, 1.165) is 37.2 Å². The lowest BCUT2D eigenvalue weighted by atomic mass is 10.1. The van der Waals surface area contributed by atoms with E-state index in [1.165, 1.54) is 12.0 Å². The summed E-state index contributed by atoms with van der Waals surface area (Å²) in [5.41, 5.74) is 2.29. The number of piperidine rings is 1. The Morgan fingerprint density at radius 1 is 1.33 bits per heavy atom. The summed E-state index contributed by atoms with van der Waals surface area (Å²) in [4.78, 5) is 14.4. The zero-order chi connectivity index (χ0) is 15.2. The van der Waals surface area contributed by atoms with Crippen LogP contribution in [0.4, 0.5) is 0 Å². The third-order valence-corrected chi connectivity index (χ3v) is 4.07. The van der Waals surface area contributed by atoms with Crippen molar-refractivity contribution < 1.29 is 9.53 Å². The number of benzene rings is 1. The van der Waals surface area contributed by atoms with Gasteiger partial charge < -0.3 is 15.0 Å². The Balaban J connectivity index is 1.92. The van der Waals surface area contributed by atoms with E-state index in [4.69, 9.17) is 4.74 Å². The number of carbonyl (C=O) groups is 1. The lowest BCUT2D eigenvalue weighted by molar-refractivity contribution is -0.133. The molecule has 1 aromatic rings. The molecule has 4 nitrogen and oxygen atoms in total. The smallest absolute Gasteiger partial charge is 0.239 e. The number of rotatable bonds is 5. The van der Waals surface area contributed by atoms with Crippen molar-refractivity contribution in [1.82, 2.24) is 10.2 Å². The fourth-order valence-corrected chi connectivity index (χ4v) is 2.78. The molecule has 116 valence electrons. The van der Waals surface area contributed by atoms with Gasteiger partial charge in [-0.2, -0.15) is 0 Å². The highest BCUT2D eigenvalue weighted by Gasteiger charge is 2.21. The molecular weight excluding hydrogens is 264 g/mol. The molecule has 0 aliphatic carbocycles. The van der Waals surface area contributed by atoms with Crippen LogP contribution in [0.3, 0.4) is 0 Å². The predicted octanol–water partition coefficient (Wildman–Crippen LogP) is 2.49. The molecule has 0 aromatic heterocycles. The number of hydrogen-bond donors (Lipinski definition) is 1. The van der Waals surface area contributed by atoms with Gasteiger partial charge in [-0.3, -0.25) is 4.79 Å². The number of likely N-dealkylation sites (tertiary alicyclic amines) is 1. The van der Waals surface area contributed by atoms with Crippen LogP contribution in [0.5, 0.6) is 5.75 Å². The first kappa shape index (κ1) is 15.8. The molecule has 0 spiro atoms. The van der Waals surface area contributed by atoms with Gasteiger partial charge in [0.25, 0.3) is 0 Å². The Labute approximate surface area is 127 Å². The van der Waals surface area contributed by atoms with E-state index >= 15 is 0 Å². The van der Waals surface area contributed by atoms with E-state index in [9.17, 15) is 4.79 Å². The zero-order valence-electron chi connectivity index (χ0n) is 13.3. The molecule has 1 atom stereocenters. The molecule has 1 aromatic carbocycles. The molecule has 1 saturated heterocycles. The average molecular weight is 290 g/mol. The Bertz CT molecular complexity index is 482. The second kappa shape index (κ2) is 7.46. The van der Waals surface area contributed by atoms with Crippen molar-refractivity contribution in [3.05, 3.63) is 29.3 Å². The maximum atomic E-state index is 12.4. The molecule has 1 heterocycles. The van der Waals surface area contributed by atoms with Crippen LogP contribution in [0.1, 0.15) is 37.3 Å². The van der Waals surface area contributed by atoms with Crippen LogP contribution in [-0.2, 0) is 11.3 Å². The van der Waals surface area contributed by atoms with Gasteiger partial charge in [0, 0.05) is 25.2 Å². The molecule has 1 aliphatic heterocycles. The van der Waals surface area contributed by atoms with Gasteiger partial charge in [-0.1, -0.05) is 17.7 Å². The number of nitrogens with zero attached hydrogens (tertiary/aromatic N) is 1. The number of amides is 1. The number of nitrogens with one attached hydrogen (secondary N) is 1. The Morgan fingerprint density at radius 3 is 2.71 bits per heavy atom. The molecule has 2 rings (SSSR count). The standard InChI is InChI=1S/C17H26N2O2/c1-13-7-8-16(21-3)15(11-13)12-18-14(2)17(20)19-9-5-4-6-10-19/h7-8,11,14,18H,4-6,9-10,12H2,1-3H3. The Kier molecular flexibility index (Phi) is 5.62. The van der Waals surface area contributed by atoms with E-state index in [-0.39, 0.29) is 11.9 Å². The largest absolute Gasteiger partial charge is 0.496 e. The first-order chi connectivity index (χ1) is 10.1. The van der Waals surface area contributed by atoms with Gasteiger partial charge in [0.15, 0.2) is 0 Å². The van der Waals surface area contributed by atoms with Gasteiger partial charge in [0.05, 0.1) is 13.2 Å². The lowest BCUT2D eigenvalue weighted by Gasteiger charge is -2.29. The fourth-order valence-electron chi connectivity index (χ4n) is 2.78. The van der Waals surface area contributed by atoms with Crippen LogP contribution in [0.2, 0.25) is 0 Å². The summed E-state index contributed by atoms with van der Waals surface area (Å²) in [6, 6.07) is 5.95. The zero-order valence-corrected chi connectivity index (χ0v) is 13.3. The Hall–Kier alpha value is -1.55. The van der Waals surface area contributed by atoms with Crippen LogP contribution in [0.15, 0.2) is 18.2 Å². The highest BCUT2D eigenvalue weighted by molar-refractivity contribution is 5.81. The maximum absolute atomic E-state index is 12.4. The van der Waals surface area contributed by atoms with E-state index in [1.807, 2.05) is 24.0 Å². The number of hydrogen-bond acceptors (Lipinski definition) is 3. The van der Waals surface area contributed by atoms with Gasteiger partial charge in [-0.25, -0.2) is 0 Å². The maximum Gasteiger partial charge on any atom is 0.239 e. The number of carbonyl (C=O) groups excluding carboxylic acids is 1. The summed E-state index contributed by atoms with van der Waals surface area (Å²) < 4.78 is 5.37. The third kappa shape index (κ3) is 4.21. The molecule has 1 N–H and O–H groups in total. The third-order valence-electron chi connectivity index (χ3n) is 4.07. The van der Waals surface area contributed by atoms with Crippen molar-refractivity contribution in [2.75, 3.05) is 20.2 Å². The van der Waals surface area contributed by atoms with Crippen LogP contribution in [-0.4, -0.2) is 37.0 Å². The minimum absolute atomic E-state index is 0.159. The van der Waals surface area contributed by atoms with Crippen LogP contribution < -0.4 is 10.1 Å². The van der Waals surface area contributed by atoms with Crippen molar-refractivity contribution in [2.45, 2.75) is 45.7 Å². The van der Waals surface area contributed by atoms with Crippen molar-refractivity contribution in [3.63, 3.8) is 0 Å². The molecule has 0 bridgehead atoms. The minimum atomic E-state index is -0.159. The normalized spacial score (nSPS) is 16.6. The van der Waals surface area contributed by atoms with E-state index in [2.05, 4.69) is 18.3 Å². The van der Waals surface area contributed by atoms with Gasteiger partial charge >= 0.3 is 0 Å². The van der Waals surface area contributed by atoms with E-state index < -0.39 is 0 Å². The summed E-state index contributed by atoms with van der Waals surface area (Å²) in [7, 11) is 1.68. The molecule has 1 aliphatic rings. The van der Waals surface area contributed by atoms with Crippen LogP contribution >= 0.6 is 0 Å². The van der Waals surface area contributed by atoms with Crippen molar-refractivity contribution in [2.24, 2.45) is 0 Å². The topological polar surface area (TPSA) is 41.6 Å². The quantitative estimate of drug-likeness (QED) is 0.906. The molecule has 1 unspecified atom stereocenters. The van der Waals surface area contributed by atoms with Crippen molar-refractivity contribution >= 4 is 5.91 Å². The predicted molar refractivity (Wildman–Crippen MR) is 84.5 cm³/mol. The Morgan fingerprint density at radius 2 is 2.05 bits per heavy atom. The van der Waals surface area contributed by atoms with Gasteiger partial charge in [-0.15, -0.1) is 0 Å². The highest BCUT2D eigenvalue weighted by atomic mass is 16.5. The first-order valence-electron chi connectivity index (χ1n) is 7.77. The van der Waals surface area contributed by atoms with Crippen molar-refractivity contribution in [3.8, 4) is 5.75 Å².